The lowest BCUT2D eigenvalue weighted by atomic mass is 9.92. The summed E-state index contributed by atoms with van der Waals surface area (Å²) < 4.78 is 14.3. The van der Waals surface area contributed by atoms with Crippen molar-refractivity contribution in [3.05, 3.63) is 29.6 Å². The Morgan fingerprint density at radius 1 is 1.35 bits per heavy atom. The van der Waals surface area contributed by atoms with Gasteiger partial charge < -0.3 is 10.2 Å². The second-order valence-electron chi connectivity index (χ2n) is 5.94. The zero-order valence-corrected chi connectivity index (χ0v) is 13.0. The smallest absolute Gasteiger partial charge is 0.146 e. The van der Waals surface area contributed by atoms with Crippen LogP contribution in [0.5, 0.6) is 0 Å². The van der Waals surface area contributed by atoms with E-state index in [9.17, 15) is 4.39 Å². The van der Waals surface area contributed by atoms with Gasteiger partial charge in [0.15, 0.2) is 0 Å². The molecule has 1 unspecified atom stereocenters. The van der Waals surface area contributed by atoms with Gasteiger partial charge in [0, 0.05) is 19.1 Å². The Bertz CT molecular complexity index is 425. The van der Waals surface area contributed by atoms with E-state index in [1.54, 1.807) is 6.07 Å². The maximum Gasteiger partial charge on any atom is 0.146 e. The van der Waals surface area contributed by atoms with Crippen LogP contribution in [0.2, 0.25) is 0 Å². The van der Waals surface area contributed by atoms with Gasteiger partial charge in [-0.05, 0) is 50.4 Å². The quantitative estimate of drug-likeness (QED) is 0.871. The number of piperidine rings is 1. The fourth-order valence-electron chi connectivity index (χ4n) is 3.09. The second kappa shape index (κ2) is 7.07. The van der Waals surface area contributed by atoms with Crippen molar-refractivity contribution in [1.29, 1.82) is 0 Å². The number of nitrogens with zero attached hydrogens (tertiary/aromatic N) is 1. The number of hydrogen-bond donors (Lipinski definition) is 1. The molecular formula is C17H27FN2. The predicted molar refractivity (Wildman–Crippen MR) is 83.7 cm³/mol. The van der Waals surface area contributed by atoms with Crippen LogP contribution in [0.25, 0.3) is 0 Å². The summed E-state index contributed by atoms with van der Waals surface area (Å²) in [7, 11) is 1.90. The Kier molecular flexibility index (Phi) is 5.41. The minimum atomic E-state index is -0.0847. The van der Waals surface area contributed by atoms with Crippen LogP contribution in [0.3, 0.4) is 0 Å². The minimum Gasteiger partial charge on any atom is -0.369 e. The zero-order chi connectivity index (χ0) is 14.5. The van der Waals surface area contributed by atoms with Crippen molar-refractivity contribution in [2.75, 3.05) is 25.0 Å². The van der Waals surface area contributed by atoms with E-state index in [1.165, 1.54) is 25.7 Å². The highest BCUT2D eigenvalue weighted by atomic mass is 19.1. The number of benzene rings is 1. The maximum atomic E-state index is 14.3. The van der Waals surface area contributed by atoms with Gasteiger partial charge in [0.2, 0.25) is 0 Å². The lowest BCUT2D eigenvalue weighted by molar-refractivity contribution is 0.376. The van der Waals surface area contributed by atoms with Gasteiger partial charge in [0.25, 0.3) is 0 Å². The van der Waals surface area contributed by atoms with Crippen molar-refractivity contribution >= 4 is 5.69 Å². The monoisotopic (exact) mass is 278 g/mol. The van der Waals surface area contributed by atoms with E-state index in [1.807, 2.05) is 26.1 Å². The SMILES string of the molecule is CCCC1CCN(c2ccc(C(C)NC)cc2F)CC1. The molecule has 0 aliphatic carbocycles. The van der Waals surface area contributed by atoms with E-state index in [2.05, 4.69) is 17.1 Å². The molecule has 1 fully saturated rings. The van der Waals surface area contributed by atoms with Gasteiger partial charge in [-0.1, -0.05) is 25.8 Å². The third-order valence-corrected chi connectivity index (χ3v) is 4.56. The van der Waals surface area contributed by atoms with Crippen LogP contribution in [0.15, 0.2) is 18.2 Å². The standard InChI is InChI=1S/C17H27FN2/c1-4-5-14-8-10-20(11-9-14)17-7-6-15(12-16(17)18)13(2)19-3/h6-7,12-14,19H,4-5,8-11H2,1-3H3. The van der Waals surface area contributed by atoms with Crippen LogP contribution in [-0.4, -0.2) is 20.1 Å². The lowest BCUT2D eigenvalue weighted by Gasteiger charge is -2.34. The summed E-state index contributed by atoms with van der Waals surface area (Å²) in [5.41, 5.74) is 1.78. The summed E-state index contributed by atoms with van der Waals surface area (Å²) in [6.45, 7) is 6.27. The molecular weight excluding hydrogens is 251 g/mol. The van der Waals surface area contributed by atoms with Crippen molar-refractivity contribution in [1.82, 2.24) is 5.32 Å². The maximum absolute atomic E-state index is 14.3. The highest BCUT2D eigenvalue weighted by molar-refractivity contribution is 5.50. The number of anilines is 1. The van der Waals surface area contributed by atoms with E-state index in [-0.39, 0.29) is 11.9 Å². The van der Waals surface area contributed by atoms with Crippen LogP contribution < -0.4 is 10.2 Å². The average molecular weight is 278 g/mol. The van der Waals surface area contributed by atoms with Crippen LogP contribution in [0, 0.1) is 11.7 Å². The fourth-order valence-corrected chi connectivity index (χ4v) is 3.09. The van der Waals surface area contributed by atoms with E-state index in [0.29, 0.717) is 0 Å². The summed E-state index contributed by atoms with van der Waals surface area (Å²) >= 11 is 0. The van der Waals surface area contributed by atoms with Gasteiger partial charge in [-0.15, -0.1) is 0 Å². The number of rotatable bonds is 5. The molecule has 1 aliphatic rings. The van der Waals surface area contributed by atoms with Gasteiger partial charge in [0.1, 0.15) is 5.82 Å². The first-order valence-electron chi connectivity index (χ1n) is 7.87. The van der Waals surface area contributed by atoms with E-state index >= 15 is 0 Å². The average Bonchev–Trinajstić information content (AvgIpc) is 2.47. The third kappa shape index (κ3) is 3.51. The summed E-state index contributed by atoms with van der Waals surface area (Å²) in [5.74, 6) is 0.751. The highest BCUT2D eigenvalue weighted by Gasteiger charge is 2.21. The Morgan fingerprint density at radius 3 is 2.60 bits per heavy atom. The first-order chi connectivity index (χ1) is 9.65. The Hall–Kier alpha value is -1.09. The van der Waals surface area contributed by atoms with Crippen molar-refractivity contribution in [2.45, 2.75) is 45.6 Å². The second-order valence-corrected chi connectivity index (χ2v) is 5.94. The molecule has 1 atom stereocenters. The molecule has 0 spiro atoms. The van der Waals surface area contributed by atoms with E-state index in [0.717, 1.165) is 30.3 Å². The van der Waals surface area contributed by atoms with Crippen LogP contribution >= 0.6 is 0 Å². The van der Waals surface area contributed by atoms with Gasteiger partial charge in [-0.2, -0.15) is 0 Å². The molecule has 0 saturated carbocycles. The Labute approximate surface area is 122 Å². The molecule has 112 valence electrons. The summed E-state index contributed by atoms with van der Waals surface area (Å²) in [6.07, 6.45) is 4.97. The summed E-state index contributed by atoms with van der Waals surface area (Å²) in [6, 6.07) is 5.85. The van der Waals surface area contributed by atoms with Gasteiger partial charge in [-0.25, -0.2) is 4.39 Å². The van der Waals surface area contributed by atoms with Gasteiger partial charge in [0.05, 0.1) is 5.69 Å². The molecule has 0 amide bonds. The molecule has 3 heteroatoms. The molecule has 2 nitrogen and oxygen atoms in total. The molecule has 0 bridgehead atoms. The van der Waals surface area contributed by atoms with Gasteiger partial charge >= 0.3 is 0 Å². The van der Waals surface area contributed by atoms with Crippen LogP contribution in [0.4, 0.5) is 10.1 Å². The van der Waals surface area contributed by atoms with Crippen molar-refractivity contribution in [3.63, 3.8) is 0 Å². The molecule has 1 aromatic carbocycles. The molecule has 1 heterocycles. The number of halogens is 1. The van der Waals surface area contributed by atoms with Gasteiger partial charge in [-0.3, -0.25) is 0 Å². The van der Waals surface area contributed by atoms with E-state index < -0.39 is 0 Å². The molecule has 1 saturated heterocycles. The van der Waals surface area contributed by atoms with Crippen molar-refractivity contribution in [2.24, 2.45) is 5.92 Å². The first kappa shape index (κ1) is 15.3. The third-order valence-electron chi connectivity index (χ3n) is 4.56. The largest absolute Gasteiger partial charge is 0.369 e. The van der Waals surface area contributed by atoms with Crippen LogP contribution in [-0.2, 0) is 0 Å². The summed E-state index contributed by atoms with van der Waals surface area (Å²) in [5, 5.41) is 3.15. The predicted octanol–water partition coefficient (Wildman–Crippen LogP) is 4.12. The minimum absolute atomic E-state index is 0.0847. The number of hydrogen-bond acceptors (Lipinski definition) is 2. The molecule has 1 aliphatic heterocycles. The lowest BCUT2D eigenvalue weighted by Crippen LogP contribution is -2.34. The molecule has 2 rings (SSSR count). The highest BCUT2D eigenvalue weighted by Crippen LogP contribution is 2.29. The Morgan fingerprint density at radius 2 is 2.05 bits per heavy atom. The zero-order valence-electron chi connectivity index (χ0n) is 13.0. The Balaban J connectivity index is 2.03. The summed E-state index contributed by atoms with van der Waals surface area (Å²) in [4.78, 5) is 2.20. The molecule has 1 N–H and O–H groups in total. The molecule has 1 aromatic rings. The molecule has 0 radical (unpaired) electrons. The van der Waals surface area contributed by atoms with Crippen molar-refractivity contribution in [3.8, 4) is 0 Å². The fraction of sp³-hybridized carbons (Fsp3) is 0.647. The molecule has 0 aromatic heterocycles. The topological polar surface area (TPSA) is 15.3 Å². The number of nitrogens with one attached hydrogen (secondary N) is 1. The normalized spacial score (nSPS) is 18.3. The van der Waals surface area contributed by atoms with E-state index in [4.69, 9.17) is 0 Å². The molecule has 20 heavy (non-hydrogen) atoms. The van der Waals surface area contributed by atoms with Crippen LogP contribution in [0.1, 0.15) is 51.1 Å². The first-order valence-corrected chi connectivity index (χ1v) is 7.87. The van der Waals surface area contributed by atoms with Crippen molar-refractivity contribution < 1.29 is 4.39 Å².